The number of aryl methyl sites for hydroxylation is 3. The monoisotopic (exact) mass is 281 g/mol. The molecule has 0 aliphatic carbocycles. The first-order chi connectivity index (χ1) is 10.1. The topological polar surface area (TPSA) is 12.0 Å². The van der Waals surface area contributed by atoms with Gasteiger partial charge >= 0.3 is 0 Å². The number of rotatable bonds is 6. The van der Waals surface area contributed by atoms with E-state index in [0.29, 0.717) is 6.04 Å². The van der Waals surface area contributed by atoms with Gasteiger partial charge in [-0.1, -0.05) is 61.4 Å². The Bertz CT molecular complexity index is 586. The molecule has 0 amide bonds. The molecule has 0 aliphatic heterocycles. The fourth-order valence-corrected chi connectivity index (χ4v) is 2.88. The lowest BCUT2D eigenvalue weighted by Gasteiger charge is -2.19. The molecule has 0 saturated carbocycles. The molecular formula is C20H27N. The second-order valence-corrected chi connectivity index (χ2v) is 5.97. The van der Waals surface area contributed by atoms with Crippen LogP contribution >= 0.6 is 0 Å². The third-order valence-electron chi connectivity index (χ3n) is 4.17. The third kappa shape index (κ3) is 4.18. The Morgan fingerprint density at radius 2 is 1.86 bits per heavy atom. The number of benzene rings is 2. The first kappa shape index (κ1) is 15.8. The number of likely N-dealkylation sites (N-methyl/N-ethyl adjacent to an activating group) is 1. The predicted molar refractivity (Wildman–Crippen MR) is 91.9 cm³/mol. The van der Waals surface area contributed by atoms with Crippen LogP contribution in [0, 0.1) is 13.8 Å². The van der Waals surface area contributed by atoms with E-state index in [0.717, 1.165) is 12.8 Å². The molecule has 1 nitrogen and oxygen atoms in total. The Kier molecular flexibility index (Phi) is 5.58. The van der Waals surface area contributed by atoms with E-state index in [1.807, 2.05) is 0 Å². The van der Waals surface area contributed by atoms with Crippen molar-refractivity contribution in [2.45, 2.75) is 46.1 Å². The van der Waals surface area contributed by atoms with Crippen LogP contribution in [0.4, 0.5) is 0 Å². The van der Waals surface area contributed by atoms with Crippen LogP contribution in [0.5, 0.6) is 0 Å². The van der Waals surface area contributed by atoms with Crippen molar-refractivity contribution in [3.63, 3.8) is 0 Å². The van der Waals surface area contributed by atoms with Crippen molar-refractivity contribution in [1.82, 2.24) is 5.32 Å². The van der Waals surface area contributed by atoms with Crippen molar-refractivity contribution in [2.24, 2.45) is 0 Å². The summed E-state index contributed by atoms with van der Waals surface area (Å²) in [6, 6.07) is 16.1. The standard InChI is InChI=1S/C20H27N/c1-5-7-17-8-6-9-18(13-17)20(21-4)14-19-12-15(2)10-11-16(19)3/h6,8-13,20-21H,5,7,14H2,1-4H3. The quantitative estimate of drug-likeness (QED) is 0.805. The van der Waals surface area contributed by atoms with Gasteiger partial charge in [0.2, 0.25) is 0 Å². The van der Waals surface area contributed by atoms with Gasteiger partial charge in [-0.3, -0.25) is 0 Å². The summed E-state index contributed by atoms with van der Waals surface area (Å²) >= 11 is 0. The lowest BCUT2D eigenvalue weighted by molar-refractivity contribution is 0.589. The summed E-state index contributed by atoms with van der Waals surface area (Å²) in [5, 5.41) is 3.48. The van der Waals surface area contributed by atoms with Crippen molar-refractivity contribution in [1.29, 1.82) is 0 Å². The summed E-state index contributed by atoms with van der Waals surface area (Å²) < 4.78 is 0. The average Bonchev–Trinajstić information content (AvgIpc) is 2.49. The van der Waals surface area contributed by atoms with E-state index in [-0.39, 0.29) is 0 Å². The highest BCUT2D eigenvalue weighted by atomic mass is 14.9. The first-order valence-electron chi connectivity index (χ1n) is 7.96. The molecule has 1 N–H and O–H groups in total. The molecule has 0 aromatic heterocycles. The Morgan fingerprint density at radius 3 is 2.57 bits per heavy atom. The molecule has 0 heterocycles. The maximum absolute atomic E-state index is 3.48. The van der Waals surface area contributed by atoms with Crippen LogP contribution in [0.3, 0.4) is 0 Å². The van der Waals surface area contributed by atoms with Crippen molar-refractivity contribution in [2.75, 3.05) is 7.05 Å². The largest absolute Gasteiger partial charge is 0.313 e. The molecule has 21 heavy (non-hydrogen) atoms. The maximum atomic E-state index is 3.48. The molecule has 1 atom stereocenters. The molecule has 2 aromatic rings. The van der Waals surface area contributed by atoms with Gasteiger partial charge in [0.25, 0.3) is 0 Å². The Labute approximate surface area is 129 Å². The molecule has 0 bridgehead atoms. The van der Waals surface area contributed by atoms with E-state index in [9.17, 15) is 0 Å². The summed E-state index contributed by atoms with van der Waals surface area (Å²) in [7, 11) is 2.06. The van der Waals surface area contributed by atoms with E-state index < -0.39 is 0 Å². The van der Waals surface area contributed by atoms with Crippen molar-refractivity contribution >= 4 is 0 Å². The second-order valence-electron chi connectivity index (χ2n) is 5.97. The second kappa shape index (κ2) is 7.42. The summed E-state index contributed by atoms with van der Waals surface area (Å²) in [6.07, 6.45) is 3.40. The molecule has 0 aliphatic rings. The van der Waals surface area contributed by atoms with Crippen LogP contribution in [0.25, 0.3) is 0 Å². The summed E-state index contributed by atoms with van der Waals surface area (Å²) in [5.41, 5.74) is 6.99. The third-order valence-corrected chi connectivity index (χ3v) is 4.17. The zero-order chi connectivity index (χ0) is 15.2. The van der Waals surface area contributed by atoms with Gasteiger partial charge in [-0.15, -0.1) is 0 Å². The number of nitrogens with one attached hydrogen (secondary N) is 1. The molecule has 0 spiro atoms. The van der Waals surface area contributed by atoms with Gasteiger partial charge in [-0.2, -0.15) is 0 Å². The Morgan fingerprint density at radius 1 is 1.05 bits per heavy atom. The van der Waals surface area contributed by atoms with E-state index in [4.69, 9.17) is 0 Å². The van der Waals surface area contributed by atoms with E-state index in [1.165, 1.54) is 34.2 Å². The molecule has 2 rings (SSSR count). The summed E-state index contributed by atoms with van der Waals surface area (Å²) in [5.74, 6) is 0. The smallest absolute Gasteiger partial charge is 0.0358 e. The maximum Gasteiger partial charge on any atom is 0.0358 e. The van der Waals surface area contributed by atoms with E-state index in [1.54, 1.807) is 0 Å². The van der Waals surface area contributed by atoms with Crippen molar-refractivity contribution in [3.05, 3.63) is 70.3 Å². The van der Waals surface area contributed by atoms with Crippen LogP contribution in [0.1, 0.15) is 47.2 Å². The van der Waals surface area contributed by atoms with Crippen LogP contribution in [-0.2, 0) is 12.8 Å². The van der Waals surface area contributed by atoms with Crippen LogP contribution in [-0.4, -0.2) is 7.05 Å². The molecule has 0 saturated heterocycles. The number of hydrogen-bond acceptors (Lipinski definition) is 1. The van der Waals surface area contributed by atoms with Crippen LogP contribution < -0.4 is 5.32 Å². The fraction of sp³-hybridized carbons (Fsp3) is 0.400. The minimum absolute atomic E-state index is 0.377. The lowest BCUT2D eigenvalue weighted by Crippen LogP contribution is -2.19. The van der Waals surface area contributed by atoms with Gasteiger partial charge in [0.1, 0.15) is 0 Å². The highest BCUT2D eigenvalue weighted by molar-refractivity contribution is 5.33. The minimum atomic E-state index is 0.377. The zero-order valence-corrected chi connectivity index (χ0v) is 13.7. The molecule has 2 aromatic carbocycles. The zero-order valence-electron chi connectivity index (χ0n) is 13.7. The Balaban J connectivity index is 2.23. The molecule has 0 radical (unpaired) electrons. The van der Waals surface area contributed by atoms with Crippen molar-refractivity contribution < 1.29 is 0 Å². The van der Waals surface area contributed by atoms with Gasteiger partial charge in [-0.05, 0) is 56.0 Å². The molecule has 0 fully saturated rings. The fourth-order valence-electron chi connectivity index (χ4n) is 2.88. The van der Waals surface area contributed by atoms with Gasteiger partial charge in [0.05, 0.1) is 0 Å². The van der Waals surface area contributed by atoms with Gasteiger partial charge in [0, 0.05) is 6.04 Å². The average molecular weight is 281 g/mol. The SMILES string of the molecule is CCCc1cccc(C(Cc2cc(C)ccc2C)NC)c1. The van der Waals surface area contributed by atoms with Gasteiger partial charge in [-0.25, -0.2) is 0 Å². The van der Waals surface area contributed by atoms with Crippen LogP contribution in [0.2, 0.25) is 0 Å². The first-order valence-corrected chi connectivity index (χ1v) is 7.96. The van der Waals surface area contributed by atoms with Crippen molar-refractivity contribution in [3.8, 4) is 0 Å². The number of hydrogen-bond donors (Lipinski definition) is 1. The molecule has 1 heteroatoms. The minimum Gasteiger partial charge on any atom is -0.313 e. The Hall–Kier alpha value is -1.60. The molecule has 1 unspecified atom stereocenters. The van der Waals surface area contributed by atoms with E-state index >= 15 is 0 Å². The molecular weight excluding hydrogens is 254 g/mol. The van der Waals surface area contributed by atoms with Crippen LogP contribution in [0.15, 0.2) is 42.5 Å². The normalized spacial score (nSPS) is 12.4. The summed E-state index contributed by atoms with van der Waals surface area (Å²) in [4.78, 5) is 0. The van der Waals surface area contributed by atoms with Gasteiger partial charge in [0.15, 0.2) is 0 Å². The summed E-state index contributed by atoms with van der Waals surface area (Å²) in [6.45, 7) is 6.60. The lowest BCUT2D eigenvalue weighted by atomic mass is 9.93. The van der Waals surface area contributed by atoms with E-state index in [2.05, 4.69) is 75.6 Å². The van der Waals surface area contributed by atoms with Gasteiger partial charge < -0.3 is 5.32 Å². The molecule has 112 valence electrons. The predicted octanol–water partition coefficient (Wildman–Crippen LogP) is 4.76. The highest BCUT2D eigenvalue weighted by Gasteiger charge is 2.12. The highest BCUT2D eigenvalue weighted by Crippen LogP contribution is 2.22.